The molecule has 28 heavy (non-hydrogen) atoms. The summed E-state index contributed by atoms with van der Waals surface area (Å²) in [5.74, 6) is 0.330. The number of rotatable bonds is 6. The second kappa shape index (κ2) is 9.39. The summed E-state index contributed by atoms with van der Waals surface area (Å²) in [4.78, 5) is 29.3. The van der Waals surface area contributed by atoms with Crippen molar-refractivity contribution in [2.24, 2.45) is 0 Å². The number of anilines is 2. The monoisotopic (exact) mass is 411 g/mol. The van der Waals surface area contributed by atoms with E-state index in [9.17, 15) is 9.59 Å². The van der Waals surface area contributed by atoms with Gasteiger partial charge in [0.05, 0.1) is 10.8 Å². The Labute approximate surface area is 172 Å². The molecule has 0 aliphatic carbocycles. The smallest absolute Gasteiger partial charge is 0.255 e. The maximum atomic E-state index is 12.3. The van der Waals surface area contributed by atoms with E-state index >= 15 is 0 Å². The van der Waals surface area contributed by atoms with Gasteiger partial charge in [0.2, 0.25) is 5.91 Å². The van der Waals surface area contributed by atoms with Gasteiger partial charge in [-0.3, -0.25) is 9.59 Å². The van der Waals surface area contributed by atoms with Gasteiger partial charge in [0.15, 0.2) is 0 Å². The minimum absolute atomic E-state index is 0.172. The molecular formula is C21H18ClN3O2S. The Bertz CT molecular complexity index is 976. The van der Waals surface area contributed by atoms with E-state index in [4.69, 9.17) is 11.6 Å². The van der Waals surface area contributed by atoms with Crippen LogP contribution in [0.25, 0.3) is 0 Å². The molecule has 3 rings (SSSR count). The summed E-state index contributed by atoms with van der Waals surface area (Å²) in [6, 6.07) is 18.1. The number of nitrogens with one attached hydrogen (secondary N) is 2. The number of hydrogen-bond donors (Lipinski definition) is 2. The van der Waals surface area contributed by atoms with Gasteiger partial charge in [-0.25, -0.2) is 4.98 Å². The van der Waals surface area contributed by atoms with Gasteiger partial charge < -0.3 is 10.6 Å². The molecule has 0 aliphatic rings. The molecule has 0 fully saturated rings. The quantitative estimate of drug-likeness (QED) is 0.558. The molecule has 142 valence electrons. The second-order valence-corrected chi connectivity index (χ2v) is 7.53. The van der Waals surface area contributed by atoms with Crippen molar-refractivity contribution in [2.75, 3.05) is 16.4 Å². The van der Waals surface area contributed by atoms with E-state index in [-0.39, 0.29) is 17.6 Å². The van der Waals surface area contributed by atoms with Crippen LogP contribution in [0.4, 0.5) is 11.5 Å². The predicted molar refractivity (Wildman–Crippen MR) is 114 cm³/mol. The van der Waals surface area contributed by atoms with Crippen molar-refractivity contribution in [1.29, 1.82) is 0 Å². The molecule has 0 radical (unpaired) electrons. The highest BCUT2D eigenvalue weighted by molar-refractivity contribution is 8.00. The van der Waals surface area contributed by atoms with E-state index in [1.165, 1.54) is 18.0 Å². The third-order valence-corrected chi connectivity index (χ3v) is 4.99. The first-order valence-corrected chi connectivity index (χ1v) is 9.88. The molecule has 0 saturated carbocycles. The maximum Gasteiger partial charge on any atom is 0.255 e. The van der Waals surface area contributed by atoms with E-state index in [1.54, 1.807) is 24.3 Å². The molecule has 3 aromatic rings. The zero-order valence-corrected chi connectivity index (χ0v) is 16.7. The minimum atomic E-state index is -0.172. The van der Waals surface area contributed by atoms with Crippen LogP contribution in [0.5, 0.6) is 0 Å². The number of nitrogens with zero attached hydrogens (tertiary/aromatic N) is 1. The average Bonchev–Trinajstić information content (AvgIpc) is 2.69. The zero-order valence-electron chi connectivity index (χ0n) is 15.1. The Morgan fingerprint density at radius 3 is 2.54 bits per heavy atom. The number of amides is 2. The second-order valence-electron chi connectivity index (χ2n) is 6.05. The van der Waals surface area contributed by atoms with Crippen LogP contribution in [0.3, 0.4) is 0 Å². The van der Waals surface area contributed by atoms with Crippen molar-refractivity contribution in [1.82, 2.24) is 4.98 Å². The number of thioether (sulfide) groups is 1. The van der Waals surface area contributed by atoms with Crippen molar-refractivity contribution in [3.8, 4) is 0 Å². The van der Waals surface area contributed by atoms with Gasteiger partial charge in [-0.05, 0) is 49.4 Å². The predicted octanol–water partition coefficient (Wildman–Crippen LogP) is 5.03. The lowest BCUT2D eigenvalue weighted by Crippen LogP contribution is -2.15. The number of carbonyl (C=O) groups excluding carboxylic acids is 2. The Morgan fingerprint density at radius 1 is 1.04 bits per heavy atom. The van der Waals surface area contributed by atoms with Crippen molar-refractivity contribution in [3.05, 3.63) is 83.0 Å². The lowest BCUT2D eigenvalue weighted by atomic mass is 10.1. The molecule has 0 bridgehead atoms. The van der Waals surface area contributed by atoms with Crippen molar-refractivity contribution < 1.29 is 9.59 Å². The first kappa shape index (κ1) is 19.9. The highest BCUT2D eigenvalue weighted by Crippen LogP contribution is 2.22. The molecule has 2 N–H and O–H groups in total. The lowest BCUT2D eigenvalue weighted by molar-refractivity contribution is -0.113. The van der Waals surface area contributed by atoms with Gasteiger partial charge in [-0.15, -0.1) is 11.8 Å². The van der Waals surface area contributed by atoms with E-state index in [0.717, 1.165) is 10.5 Å². The Morgan fingerprint density at radius 2 is 1.82 bits per heavy atom. The summed E-state index contributed by atoms with van der Waals surface area (Å²) in [6.07, 6.45) is 1.48. The highest BCUT2D eigenvalue weighted by atomic mass is 35.5. The fraction of sp³-hybridized carbons (Fsp3) is 0.0952. The SMILES string of the molecule is Cc1ccc(C(=O)Nc2cccc(SCC(=O)Nc3ccc(Cl)cn3)c2)cc1. The summed E-state index contributed by atoms with van der Waals surface area (Å²) in [6.45, 7) is 1.97. The molecule has 1 aromatic heterocycles. The summed E-state index contributed by atoms with van der Waals surface area (Å²) < 4.78 is 0. The maximum absolute atomic E-state index is 12.3. The van der Waals surface area contributed by atoms with Gasteiger partial charge in [0.1, 0.15) is 5.82 Å². The number of benzene rings is 2. The molecular weight excluding hydrogens is 394 g/mol. The van der Waals surface area contributed by atoms with Crippen LogP contribution in [0.2, 0.25) is 5.02 Å². The highest BCUT2D eigenvalue weighted by Gasteiger charge is 2.08. The van der Waals surface area contributed by atoms with Crippen LogP contribution in [0.15, 0.2) is 71.8 Å². The molecule has 7 heteroatoms. The van der Waals surface area contributed by atoms with Crippen LogP contribution in [-0.2, 0) is 4.79 Å². The van der Waals surface area contributed by atoms with Crippen molar-refractivity contribution >= 4 is 46.7 Å². The topological polar surface area (TPSA) is 71.1 Å². The molecule has 2 amide bonds. The molecule has 0 saturated heterocycles. The average molecular weight is 412 g/mol. The van der Waals surface area contributed by atoms with E-state index in [1.807, 2.05) is 43.3 Å². The number of hydrogen-bond acceptors (Lipinski definition) is 4. The largest absolute Gasteiger partial charge is 0.322 e. The Hall–Kier alpha value is -2.83. The van der Waals surface area contributed by atoms with Crippen LogP contribution in [0, 0.1) is 6.92 Å². The van der Waals surface area contributed by atoms with Crippen molar-refractivity contribution in [2.45, 2.75) is 11.8 Å². The van der Waals surface area contributed by atoms with E-state index < -0.39 is 0 Å². The molecule has 0 aliphatic heterocycles. The first-order valence-electron chi connectivity index (χ1n) is 8.52. The lowest BCUT2D eigenvalue weighted by Gasteiger charge is -2.08. The standard InChI is InChI=1S/C21H18ClN3O2S/c1-14-5-7-15(8-6-14)21(27)24-17-3-2-4-18(11-17)28-13-20(26)25-19-10-9-16(22)12-23-19/h2-12H,13H2,1H3,(H,24,27)(H,23,25,26). The van der Waals surface area contributed by atoms with Crippen molar-refractivity contribution in [3.63, 3.8) is 0 Å². The molecule has 5 nitrogen and oxygen atoms in total. The summed E-state index contributed by atoms with van der Waals surface area (Å²) in [7, 11) is 0. The minimum Gasteiger partial charge on any atom is -0.322 e. The molecule has 2 aromatic carbocycles. The summed E-state index contributed by atoms with van der Waals surface area (Å²) >= 11 is 7.15. The Kier molecular flexibility index (Phi) is 6.68. The number of pyridine rings is 1. The van der Waals surface area contributed by atoms with Gasteiger partial charge in [-0.1, -0.05) is 35.4 Å². The molecule has 0 spiro atoms. The fourth-order valence-corrected chi connectivity index (χ4v) is 3.22. The molecule has 0 atom stereocenters. The van der Waals surface area contributed by atoms with Gasteiger partial charge in [0, 0.05) is 22.3 Å². The van der Waals surface area contributed by atoms with Crippen LogP contribution >= 0.6 is 23.4 Å². The number of aryl methyl sites for hydroxylation is 1. The van der Waals surface area contributed by atoms with Crippen LogP contribution in [-0.4, -0.2) is 22.6 Å². The number of aromatic nitrogens is 1. The van der Waals surface area contributed by atoms with Gasteiger partial charge >= 0.3 is 0 Å². The van der Waals surface area contributed by atoms with Crippen LogP contribution < -0.4 is 10.6 Å². The normalized spacial score (nSPS) is 10.4. The molecule has 1 heterocycles. The number of carbonyl (C=O) groups is 2. The van der Waals surface area contributed by atoms with Gasteiger partial charge in [0.25, 0.3) is 5.91 Å². The zero-order chi connectivity index (χ0) is 19.9. The number of halogens is 1. The molecule has 0 unspecified atom stereocenters. The third-order valence-electron chi connectivity index (χ3n) is 3.77. The fourth-order valence-electron chi connectivity index (χ4n) is 2.35. The third kappa shape index (κ3) is 5.84. The summed E-state index contributed by atoms with van der Waals surface area (Å²) in [5.41, 5.74) is 2.37. The summed E-state index contributed by atoms with van der Waals surface area (Å²) in [5, 5.41) is 6.10. The van der Waals surface area contributed by atoms with Gasteiger partial charge in [-0.2, -0.15) is 0 Å². The first-order chi connectivity index (χ1) is 13.5. The Balaban J connectivity index is 1.55. The van der Waals surface area contributed by atoms with E-state index in [0.29, 0.717) is 22.1 Å². The van der Waals surface area contributed by atoms with Crippen LogP contribution in [0.1, 0.15) is 15.9 Å². The van der Waals surface area contributed by atoms with E-state index in [2.05, 4.69) is 15.6 Å².